The Morgan fingerprint density at radius 1 is 1.22 bits per heavy atom. The molecular formula is C14H10ClNO2. The fraction of sp³-hybridized carbons (Fsp3) is 0.0714. The van der Waals surface area contributed by atoms with Gasteiger partial charge in [0.15, 0.2) is 5.58 Å². The molecule has 90 valence electrons. The van der Waals surface area contributed by atoms with Gasteiger partial charge in [-0.05, 0) is 18.2 Å². The Morgan fingerprint density at radius 2 is 2.17 bits per heavy atom. The molecule has 0 saturated carbocycles. The predicted octanol–water partition coefficient (Wildman–Crippen LogP) is 4.06. The summed E-state index contributed by atoms with van der Waals surface area (Å²) >= 11 is 6.04. The Labute approximate surface area is 109 Å². The van der Waals surface area contributed by atoms with Gasteiger partial charge in [0, 0.05) is 17.1 Å². The first-order valence-electron chi connectivity index (χ1n) is 5.52. The highest BCUT2D eigenvalue weighted by molar-refractivity contribution is 6.34. The molecule has 18 heavy (non-hydrogen) atoms. The number of furan rings is 1. The number of hydrogen-bond donors (Lipinski definition) is 0. The lowest BCUT2D eigenvalue weighted by Gasteiger charge is -2.03. The molecule has 0 fully saturated rings. The van der Waals surface area contributed by atoms with Gasteiger partial charge in [0.1, 0.15) is 12.4 Å². The molecule has 2 aromatic heterocycles. The highest BCUT2D eigenvalue weighted by Gasteiger charge is 2.08. The van der Waals surface area contributed by atoms with Gasteiger partial charge < -0.3 is 9.15 Å². The van der Waals surface area contributed by atoms with Crippen molar-refractivity contribution in [3.05, 3.63) is 59.6 Å². The second kappa shape index (κ2) is 4.70. The second-order valence-corrected chi connectivity index (χ2v) is 4.26. The summed E-state index contributed by atoms with van der Waals surface area (Å²) < 4.78 is 11.1. The molecule has 3 aromatic rings. The van der Waals surface area contributed by atoms with E-state index in [1.165, 1.54) is 0 Å². The van der Waals surface area contributed by atoms with Crippen LogP contribution in [0, 0.1) is 0 Å². The molecule has 3 nitrogen and oxygen atoms in total. The summed E-state index contributed by atoms with van der Waals surface area (Å²) in [4.78, 5) is 3.99. The van der Waals surface area contributed by atoms with E-state index in [9.17, 15) is 0 Å². The summed E-state index contributed by atoms with van der Waals surface area (Å²) in [6, 6.07) is 9.36. The number of pyridine rings is 1. The number of aromatic nitrogens is 1. The molecule has 1 aromatic carbocycles. The highest BCUT2D eigenvalue weighted by Crippen LogP contribution is 2.28. The van der Waals surface area contributed by atoms with E-state index in [4.69, 9.17) is 20.8 Å². The summed E-state index contributed by atoms with van der Waals surface area (Å²) in [5.74, 6) is 0.730. The average Bonchev–Trinajstić information content (AvgIpc) is 2.82. The third kappa shape index (κ3) is 2.05. The Balaban J connectivity index is 1.85. The van der Waals surface area contributed by atoms with E-state index < -0.39 is 0 Å². The molecule has 0 aliphatic carbocycles. The molecule has 0 atom stereocenters. The SMILES string of the molecule is Clc1cccc2c(COc3cccnc3)coc12. The van der Waals surface area contributed by atoms with Gasteiger partial charge in [-0.1, -0.05) is 23.7 Å². The van der Waals surface area contributed by atoms with Crippen LogP contribution in [0.3, 0.4) is 0 Å². The van der Waals surface area contributed by atoms with Crippen molar-refractivity contribution in [2.24, 2.45) is 0 Å². The number of ether oxygens (including phenoxy) is 1. The molecular weight excluding hydrogens is 250 g/mol. The van der Waals surface area contributed by atoms with Gasteiger partial charge in [-0.15, -0.1) is 0 Å². The zero-order valence-electron chi connectivity index (χ0n) is 9.47. The molecule has 2 heterocycles. The van der Waals surface area contributed by atoms with Crippen molar-refractivity contribution in [1.82, 2.24) is 4.98 Å². The molecule has 0 N–H and O–H groups in total. The Hall–Kier alpha value is -2.00. The quantitative estimate of drug-likeness (QED) is 0.711. The van der Waals surface area contributed by atoms with Gasteiger partial charge in [0.05, 0.1) is 17.5 Å². The third-order valence-electron chi connectivity index (χ3n) is 2.66. The van der Waals surface area contributed by atoms with Crippen molar-refractivity contribution in [3.8, 4) is 5.75 Å². The van der Waals surface area contributed by atoms with E-state index in [-0.39, 0.29) is 0 Å². The van der Waals surface area contributed by atoms with Crippen LogP contribution in [0.1, 0.15) is 5.56 Å². The molecule has 0 radical (unpaired) electrons. The molecule has 0 amide bonds. The number of para-hydroxylation sites is 1. The molecule has 0 aliphatic heterocycles. The van der Waals surface area contributed by atoms with Crippen LogP contribution >= 0.6 is 11.6 Å². The first kappa shape index (κ1) is 11.1. The molecule has 0 saturated heterocycles. The van der Waals surface area contributed by atoms with Crippen LogP contribution in [-0.4, -0.2) is 4.98 Å². The van der Waals surface area contributed by atoms with E-state index >= 15 is 0 Å². The first-order valence-corrected chi connectivity index (χ1v) is 5.90. The topological polar surface area (TPSA) is 35.3 Å². The smallest absolute Gasteiger partial charge is 0.152 e. The molecule has 0 spiro atoms. The maximum absolute atomic E-state index is 6.04. The van der Waals surface area contributed by atoms with E-state index in [1.54, 1.807) is 24.7 Å². The summed E-state index contributed by atoms with van der Waals surface area (Å²) in [5.41, 5.74) is 1.67. The maximum Gasteiger partial charge on any atom is 0.152 e. The fourth-order valence-electron chi connectivity index (χ4n) is 1.78. The number of nitrogens with zero attached hydrogens (tertiary/aromatic N) is 1. The lowest BCUT2D eigenvalue weighted by molar-refractivity contribution is 0.304. The Morgan fingerprint density at radius 3 is 3.00 bits per heavy atom. The summed E-state index contributed by atoms with van der Waals surface area (Å²) in [6.07, 6.45) is 5.06. The van der Waals surface area contributed by atoms with E-state index in [2.05, 4.69) is 4.98 Å². The minimum atomic E-state index is 0.430. The lowest BCUT2D eigenvalue weighted by atomic mass is 10.2. The predicted molar refractivity (Wildman–Crippen MR) is 69.8 cm³/mol. The largest absolute Gasteiger partial charge is 0.487 e. The fourth-order valence-corrected chi connectivity index (χ4v) is 2.00. The van der Waals surface area contributed by atoms with Crippen LogP contribution in [0.15, 0.2) is 53.4 Å². The molecule has 0 unspecified atom stereocenters. The first-order chi connectivity index (χ1) is 8.84. The van der Waals surface area contributed by atoms with Crippen LogP contribution in [0.5, 0.6) is 5.75 Å². The lowest BCUT2D eigenvalue weighted by Crippen LogP contribution is -1.94. The van der Waals surface area contributed by atoms with Crippen molar-refractivity contribution in [2.45, 2.75) is 6.61 Å². The number of halogens is 1. The normalized spacial score (nSPS) is 10.7. The zero-order chi connectivity index (χ0) is 12.4. The van der Waals surface area contributed by atoms with Crippen molar-refractivity contribution in [2.75, 3.05) is 0 Å². The van der Waals surface area contributed by atoms with Crippen LogP contribution in [0.2, 0.25) is 5.02 Å². The average molecular weight is 260 g/mol. The van der Waals surface area contributed by atoms with Crippen LogP contribution in [-0.2, 0) is 6.61 Å². The van der Waals surface area contributed by atoms with Crippen molar-refractivity contribution >= 4 is 22.6 Å². The summed E-state index contributed by atoms with van der Waals surface area (Å²) in [7, 11) is 0. The van der Waals surface area contributed by atoms with Gasteiger partial charge in [-0.3, -0.25) is 4.98 Å². The monoisotopic (exact) mass is 259 g/mol. The van der Waals surface area contributed by atoms with Gasteiger partial charge >= 0.3 is 0 Å². The van der Waals surface area contributed by atoms with E-state index in [1.807, 2.05) is 24.3 Å². The van der Waals surface area contributed by atoms with Crippen molar-refractivity contribution in [3.63, 3.8) is 0 Å². The molecule has 3 rings (SSSR count). The Kier molecular flexibility index (Phi) is 2.90. The van der Waals surface area contributed by atoms with Gasteiger partial charge in [0.25, 0.3) is 0 Å². The summed E-state index contributed by atoms with van der Waals surface area (Å²) in [6.45, 7) is 0.430. The second-order valence-electron chi connectivity index (χ2n) is 3.85. The number of rotatable bonds is 3. The number of fused-ring (bicyclic) bond motifs is 1. The van der Waals surface area contributed by atoms with E-state index in [0.717, 1.165) is 16.7 Å². The summed E-state index contributed by atoms with van der Waals surface area (Å²) in [5, 5.41) is 1.59. The highest BCUT2D eigenvalue weighted by atomic mass is 35.5. The van der Waals surface area contributed by atoms with E-state index in [0.29, 0.717) is 17.2 Å². The minimum Gasteiger partial charge on any atom is -0.487 e. The number of benzene rings is 1. The molecule has 0 bridgehead atoms. The van der Waals surface area contributed by atoms with Gasteiger partial charge in [-0.25, -0.2) is 0 Å². The van der Waals surface area contributed by atoms with Crippen LogP contribution < -0.4 is 4.74 Å². The van der Waals surface area contributed by atoms with Crippen molar-refractivity contribution < 1.29 is 9.15 Å². The van der Waals surface area contributed by atoms with Gasteiger partial charge in [0.2, 0.25) is 0 Å². The van der Waals surface area contributed by atoms with Crippen molar-refractivity contribution in [1.29, 1.82) is 0 Å². The standard InChI is InChI=1S/C14H10ClNO2/c15-13-5-1-4-12-10(9-18-14(12)13)8-17-11-3-2-6-16-7-11/h1-7,9H,8H2. The van der Waals surface area contributed by atoms with Crippen LogP contribution in [0.25, 0.3) is 11.0 Å². The minimum absolute atomic E-state index is 0.430. The van der Waals surface area contributed by atoms with Crippen LogP contribution in [0.4, 0.5) is 0 Å². The molecule has 4 heteroatoms. The third-order valence-corrected chi connectivity index (χ3v) is 2.96. The molecule has 0 aliphatic rings. The number of hydrogen-bond acceptors (Lipinski definition) is 3. The Bertz CT molecular complexity index is 664. The maximum atomic E-state index is 6.04. The van der Waals surface area contributed by atoms with Gasteiger partial charge in [-0.2, -0.15) is 0 Å². The zero-order valence-corrected chi connectivity index (χ0v) is 10.2.